The van der Waals surface area contributed by atoms with Crippen molar-refractivity contribution in [2.75, 3.05) is 0 Å². The van der Waals surface area contributed by atoms with Crippen LogP contribution in [-0.4, -0.2) is 18.0 Å². The Hall–Kier alpha value is -0.280. The van der Waals surface area contributed by atoms with Crippen molar-refractivity contribution in [1.29, 1.82) is 0 Å². The van der Waals surface area contributed by atoms with Gasteiger partial charge in [-0.25, -0.2) is 0 Å². The van der Waals surface area contributed by atoms with Crippen LogP contribution in [0.1, 0.15) is 58.3 Å². The van der Waals surface area contributed by atoms with Crippen LogP contribution in [0.4, 0.5) is 0 Å². The molecule has 0 bridgehead atoms. The minimum absolute atomic E-state index is 0. The van der Waals surface area contributed by atoms with E-state index in [1.54, 1.807) is 0 Å². The number of halogens is 1. The summed E-state index contributed by atoms with van der Waals surface area (Å²) in [5.74, 6) is 1.27. The van der Waals surface area contributed by atoms with Gasteiger partial charge < -0.3 is 11.1 Å². The van der Waals surface area contributed by atoms with E-state index in [1.807, 2.05) is 0 Å². The highest BCUT2D eigenvalue weighted by atomic mass is 35.5. The molecule has 0 aliphatic heterocycles. The SMILES string of the molecule is CCC1CCCC(NC(=O)C2CCC(N)C2)C1.Cl. The lowest BCUT2D eigenvalue weighted by atomic mass is 9.84. The summed E-state index contributed by atoms with van der Waals surface area (Å²) in [6.07, 6.45) is 9.10. The molecule has 0 radical (unpaired) electrons. The van der Waals surface area contributed by atoms with Gasteiger partial charge in [0.2, 0.25) is 5.91 Å². The smallest absolute Gasteiger partial charge is 0.223 e. The van der Waals surface area contributed by atoms with Crippen LogP contribution in [0.5, 0.6) is 0 Å². The zero-order chi connectivity index (χ0) is 12.3. The predicted molar refractivity (Wildman–Crippen MR) is 76.7 cm³/mol. The molecule has 2 aliphatic rings. The first kappa shape index (κ1) is 15.8. The number of carbonyl (C=O) groups is 1. The van der Waals surface area contributed by atoms with Crippen molar-refractivity contribution >= 4 is 18.3 Å². The number of nitrogens with two attached hydrogens (primary N) is 1. The molecule has 4 atom stereocenters. The monoisotopic (exact) mass is 274 g/mol. The normalized spacial score (nSPS) is 35.9. The van der Waals surface area contributed by atoms with Crippen molar-refractivity contribution in [3.8, 4) is 0 Å². The van der Waals surface area contributed by atoms with Crippen LogP contribution in [0.15, 0.2) is 0 Å². The largest absolute Gasteiger partial charge is 0.353 e. The van der Waals surface area contributed by atoms with E-state index in [0.717, 1.165) is 25.2 Å². The van der Waals surface area contributed by atoms with Crippen LogP contribution in [0.25, 0.3) is 0 Å². The molecule has 0 heterocycles. The Labute approximate surface area is 117 Å². The van der Waals surface area contributed by atoms with E-state index in [1.165, 1.54) is 32.1 Å². The van der Waals surface area contributed by atoms with Crippen molar-refractivity contribution in [2.45, 2.75) is 70.4 Å². The van der Waals surface area contributed by atoms with Crippen LogP contribution in [0.3, 0.4) is 0 Å². The molecule has 0 spiro atoms. The summed E-state index contributed by atoms with van der Waals surface area (Å²) in [4.78, 5) is 12.1. The Morgan fingerprint density at radius 1 is 1.22 bits per heavy atom. The summed E-state index contributed by atoms with van der Waals surface area (Å²) in [6, 6.07) is 0.679. The zero-order valence-corrected chi connectivity index (χ0v) is 12.2. The third-order valence-corrected chi connectivity index (χ3v) is 4.55. The molecule has 0 aromatic rings. The second kappa shape index (κ2) is 7.34. The Bertz CT molecular complexity index is 273. The topological polar surface area (TPSA) is 55.1 Å². The molecule has 0 aromatic carbocycles. The molecule has 2 fully saturated rings. The van der Waals surface area contributed by atoms with E-state index in [-0.39, 0.29) is 30.3 Å². The summed E-state index contributed by atoms with van der Waals surface area (Å²) in [7, 11) is 0. The number of amides is 1. The molecular weight excluding hydrogens is 248 g/mol. The van der Waals surface area contributed by atoms with Gasteiger partial charge in [-0.15, -0.1) is 12.4 Å². The lowest BCUT2D eigenvalue weighted by molar-refractivity contribution is -0.125. The molecule has 2 saturated carbocycles. The van der Waals surface area contributed by atoms with Gasteiger partial charge in [0.1, 0.15) is 0 Å². The van der Waals surface area contributed by atoms with Gasteiger partial charge in [-0.2, -0.15) is 0 Å². The van der Waals surface area contributed by atoms with Gasteiger partial charge >= 0.3 is 0 Å². The van der Waals surface area contributed by atoms with E-state index in [2.05, 4.69) is 12.2 Å². The maximum absolute atomic E-state index is 12.1. The van der Waals surface area contributed by atoms with E-state index >= 15 is 0 Å². The summed E-state index contributed by atoms with van der Waals surface area (Å²) in [5.41, 5.74) is 5.86. The van der Waals surface area contributed by atoms with Crippen molar-refractivity contribution in [1.82, 2.24) is 5.32 Å². The van der Waals surface area contributed by atoms with Gasteiger partial charge in [0, 0.05) is 18.0 Å². The lowest BCUT2D eigenvalue weighted by Crippen LogP contribution is -2.41. The second-order valence-corrected chi connectivity index (χ2v) is 5.92. The van der Waals surface area contributed by atoms with Crippen LogP contribution in [-0.2, 0) is 4.79 Å². The summed E-state index contributed by atoms with van der Waals surface area (Å²) < 4.78 is 0. The van der Waals surface area contributed by atoms with Crippen molar-refractivity contribution in [3.63, 3.8) is 0 Å². The van der Waals surface area contributed by atoms with Crippen molar-refractivity contribution < 1.29 is 4.79 Å². The molecule has 2 aliphatic carbocycles. The third-order valence-electron chi connectivity index (χ3n) is 4.55. The first-order valence-corrected chi connectivity index (χ1v) is 7.25. The maximum Gasteiger partial charge on any atom is 0.223 e. The van der Waals surface area contributed by atoms with Crippen LogP contribution in [0.2, 0.25) is 0 Å². The average Bonchev–Trinajstić information content (AvgIpc) is 2.76. The van der Waals surface area contributed by atoms with Gasteiger partial charge in [-0.05, 0) is 38.0 Å². The number of rotatable bonds is 3. The Morgan fingerprint density at radius 3 is 2.61 bits per heavy atom. The lowest BCUT2D eigenvalue weighted by Gasteiger charge is -2.29. The summed E-state index contributed by atoms with van der Waals surface area (Å²) >= 11 is 0. The van der Waals surface area contributed by atoms with E-state index in [0.29, 0.717) is 6.04 Å². The maximum atomic E-state index is 12.1. The molecule has 3 N–H and O–H groups in total. The van der Waals surface area contributed by atoms with Crippen molar-refractivity contribution in [2.24, 2.45) is 17.6 Å². The number of nitrogens with one attached hydrogen (secondary N) is 1. The fourth-order valence-electron chi connectivity index (χ4n) is 3.37. The first-order valence-electron chi connectivity index (χ1n) is 7.25. The minimum atomic E-state index is 0. The second-order valence-electron chi connectivity index (χ2n) is 5.92. The van der Waals surface area contributed by atoms with Crippen LogP contribution >= 0.6 is 12.4 Å². The van der Waals surface area contributed by atoms with Crippen LogP contribution in [0, 0.1) is 11.8 Å². The van der Waals surface area contributed by atoms with Gasteiger partial charge in [0.15, 0.2) is 0 Å². The van der Waals surface area contributed by atoms with Crippen molar-refractivity contribution in [3.05, 3.63) is 0 Å². The summed E-state index contributed by atoms with van der Waals surface area (Å²) in [5, 5.41) is 3.25. The quantitative estimate of drug-likeness (QED) is 0.831. The Kier molecular flexibility index (Phi) is 6.44. The van der Waals surface area contributed by atoms with Gasteiger partial charge in [0.05, 0.1) is 0 Å². The molecule has 1 amide bonds. The number of hydrogen-bond donors (Lipinski definition) is 2. The molecule has 2 rings (SSSR count). The first-order chi connectivity index (χ1) is 8.19. The Balaban J connectivity index is 0.00000162. The highest BCUT2D eigenvalue weighted by Crippen LogP contribution is 2.28. The van der Waals surface area contributed by atoms with Gasteiger partial charge in [-0.3, -0.25) is 4.79 Å². The number of carbonyl (C=O) groups excluding carboxylic acids is 1. The highest BCUT2D eigenvalue weighted by molar-refractivity contribution is 5.85. The van der Waals surface area contributed by atoms with E-state index in [9.17, 15) is 4.79 Å². The molecule has 0 aromatic heterocycles. The molecule has 18 heavy (non-hydrogen) atoms. The molecule has 0 saturated heterocycles. The average molecular weight is 275 g/mol. The minimum Gasteiger partial charge on any atom is -0.353 e. The number of hydrogen-bond acceptors (Lipinski definition) is 2. The standard InChI is InChI=1S/C14H26N2O.ClH/c1-2-10-4-3-5-13(8-10)16-14(17)11-6-7-12(15)9-11;/h10-13H,2-9,15H2,1H3,(H,16,17);1H. The molecule has 106 valence electrons. The third kappa shape index (κ3) is 4.13. The molecule has 3 nitrogen and oxygen atoms in total. The van der Waals surface area contributed by atoms with Gasteiger partial charge in [-0.1, -0.05) is 26.2 Å². The van der Waals surface area contributed by atoms with E-state index < -0.39 is 0 Å². The van der Waals surface area contributed by atoms with E-state index in [4.69, 9.17) is 5.73 Å². The molecule has 4 heteroatoms. The predicted octanol–water partition coefficient (Wildman–Crippen LogP) is 2.62. The van der Waals surface area contributed by atoms with Crippen LogP contribution < -0.4 is 11.1 Å². The highest BCUT2D eigenvalue weighted by Gasteiger charge is 2.30. The molecular formula is C14H27ClN2O. The molecule has 4 unspecified atom stereocenters. The Morgan fingerprint density at radius 2 is 2.00 bits per heavy atom. The fraction of sp³-hybridized carbons (Fsp3) is 0.929. The zero-order valence-electron chi connectivity index (χ0n) is 11.4. The summed E-state index contributed by atoms with van der Waals surface area (Å²) in [6.45, 7) is 2.25. The fourth-order valence-corrected chi connectivity index (χ4v) is 3.37. The van der Waals surface area contributed by atoms with Gasteiger partial charge in [0.25, 0.3) is 0 Å².